The van der Waals surface area contributed by atoms with E-state index in [4.69, 9.17) is 0 Å². The van der Waals surface area contributed by atoms with Crippen molar-refractivity contribution in [2.75, 3.05) is 19.6 Å². The van der Waals surface area contributed by atoms with E-state index in [2.05, 4.69) is 10.2 Å². The second kappa shape index (κ2) is 8.36. The first-order chi connectivity index (χ1) is 13.9. The molecule has 0 spiro atoms. The van der Waals surface area contributed by atoms with Crippen LogP contribution in [-0.4, -0.2) is 61.3 Å². The van der Waals surface area contributed by atoms with Crippen LogP contribution in [0.15, 0.2) is 23.1 Å². The van der Waals surface area contributed by atoms with E-state index in [1.54, 1.807) is 22.5 Å². The number of aryl methyl sites for hydroxylation is 1. The molecule has 1 saturated carbocycles. The highest BCUT2D eigenvalue weighted by Gasteiger charge is 2.33. The topological polar surface area (TPSA) is 69.7 Å². The SMILES string of the molecule is Cc1ccc(S(=O)(=O)N2CCCC[C@H]2C)cc1C(=O)NC1CCN(C2CC2)CC1. The second-order valence-corrected chi connectivity index (χ2v) is 10.8. The lowest BCUT2D eigenvalue weighted by Crippen LogP contribution is -2.45. The van der Waals surface area contributed by atoms with Crippen LogP contribution < -0.4 is 5.32 Å². The Labute approximate surface area is 174 Å². The minimum Gasteiger partial charge on any atom is -0.349 e. The molecule has 2 heterocycles. The number of sulfonamides is 1. The van der Waals surface area contributed by atoms with Crippen molar-refractivity contribution in [3.05, 3.63) is 29.3 Å². The summed E-state index contributed by atoms with van der Waals surface area (Å²) in [6.45, 7) is 6.46. The zero-order valence-electron chi connectivity index (χ0n) is 17.6. The largest absolute Gasteiger partial charge is 0.349 e. The number of likely N-dealkylation sites (tertiary alicyclic amines) is 1. The Bertz CT molecular complexity index is 858. The fraction of sp³-hybridized carbons (Fsp3) is 0.682. The van der Waals surface area contributed by atoms with Gasteiger partial charge in [-0.05, 0) is 70.1 Å². The molecule has 0 aromatic heterocycles. The summed E-state index contributed by atoms with van der Waals surface area (Å²) in [4.78, 5) is 15.7. The van der Waals surface area contributed by atoms with Crippen molar-refractivity contribution in [2.24, 2.45) is 0 Å². The van der Waals surface area contributed by atoms with Gasteiger partial charge in [0.25, 0.3) is 5.91 Å². The van der Waals surface area contributed by atoms with Gasteiger partial charge in [-0.2, -0.15) is 4.31 Å². The van der Waals surface area contributed by atoms with Gasteiger partial charge in [0, 0.05) is 43.3 Å². The van der Waals surface area contributed by atoms with E-state index in [9.17, 15) is 13.2 Å². The maximum atomic E-state index is 13.2. The van der Waals surface area contributed by atoms with Crippen molar-refractivity contribution < 1.29 is 13.2 Å². The Morgan fingerprint density at radius 1 is 1.03 bits per heavy atom. The van der Waals surface area contributed by atoms with Crippen LogP contribution in [-0.2, 0) is 10.0 Å². The highest BCUT2D eigenvalue weighted by Crippen LogP contribution is 2.30. The quantitative estimate of drug-likeness (QED) is 0.797. The second-order valence-electron chi connectivity index (χ2n) is 8.95. The Hall–Kier alpha value is -1.44. The van der Waals surface area contributed by atoms with Crippen molar-refractivity contribution in [3.63, 3.8) is 0 Å². The van der Waals surface area contributed by atoms with Gasteiger partial charge in [-0.3, -0.25) is 4.79 Å². The average molecular weight is 420 g/mol. The first kappa shape index (κ1) is 20.8. The lowest BCUT2D eigenvalue weighted by molar-refractivity contribution is 0.0908. The fourth-order valence-corrected chi connectivity index (χ4v) is 6.41. The van der Waals surface area contributed by atoms with E-state index in [1.807, 2.05) is 13.8 Å². The Morgan fingerprint density at radius 3 is 2.41 bits per heavy atom. The van der Waals surface area contributed by atoms with E-state index in [0.29, 0.717) is 12.1 Å². The number of piperidine rings is 2. The summed E-state index contributed by atoms with van der Waals surface area (Å²) in [6, 6.07) is 5.90. The van der Waals surface area contributed by atoms with E-state index < -0.39 is 10.0 Å². The van der Waals surface area contributed by atoms with Crippen LogP contribution in [0.1, 0.15) is 67.8 Å². The molecule has 1 aromatic carbocycles. The van der Waals surface area contributed by atoms with Crippen molar-refractivity contribution in [3.8, 4) is 0 Å². The van der Waals surface area contributed by atoms with Gasteiger partial charge in [-0.1, -0.05) is 12.5 Å². The lowest BCUT2D eigenvalue weighted by atomic mass is 10.0. The number of hydrogen-bond donors (Lipinski definition) is 1. The first-order valence-electron chi connectivity index (χ1n) is 11.0. The Morgan fingerprint density at radius 2 is 1.76 bits per heavy atom. The molecule has 1 atom stereocenters. The smallest absolute Gasteiger partial charge is 0.251 e. The number of carbonyl (C=O) groups excluding carboxylic acids is 1. The summed E-state index contributed by atoms with van der Waals surface area (Å²) in [5.74, 6) is -0.156. The Kier molecular flexibility index (Phi) is 6.00. The fourth-order valence-electron chi connectivity index (χ4n) is 4.68. The minimum atomic E-state index is -3.58. The monoisotopic (exact) mass is 419 g/mol. The van der Waals surface area contributed by atoms with Crippen molar-refractivity contribution in [1.29, 1.82) is 0 Å². The molecule has 3 aliphatic rings. The molecular formula is C22H33N3O3S. The van der Waals surface area contributed by atoms with Crippen LogP contribution in [0.3, 0.4) is 0 Å². The highest BCUT2D eigenvalue weighted by atomic mass is 32.2. The predicted octanol–water partition coefficient (Wildman–Crippen LogP) is 2.91. The molecule has 2 saturated heterocycles. The van der Waals surface area contributed by atoms with E-state index in [1.165, 1.54) is 12.8 Å². The molecule has 1 amide bonds. The van der Waals surface area contributed by atoms with Gasteiger partial charge in [0.2, 0.25) is 10.0 Å². The molecule has 0 radical (unpaired) electrons. The summed E-state index contributed by atoms with van der Waals surface area (Å²) in [5.41, 5.74) is 1.28. The van der Waals surface area contributed by atoms with Crippen molar-refractivity contribution in [2.45, 2.75) is 81.8 Å². The van der Waals surface area contributed by atoms with Crippen LogP contribution in [0, 0.1) is 6.92 Å². The molecule has 0 bridgehead atoms. The molecule has 0 unspecified atom stereocenters. The van der Waals surface area contributed by atoms with Gasteiger partial charge in [0.1, 0.15) is 0 Å². The molecule has 1 N–H and O–H groups in total. The maximum absolute atomic E-state index is 13.2. The summed E-state index contributed by atoms with van der Waals surface area (Å²) in [6.07, 6.45) is 7.39. The third kappa shape index (κ3) is 4.52. The predicted molar refractivity (Wildman–Crippen MR) is 113 cm³/mol. The molecule has 3 fully saturated rings. The lowest BCUT2D eigenvalue weighted by Gasteiger charge is -2.33. The number of amides is 1. The van der Waals surface area contributed by atoms with Gasteiger partial charge >= 0.3 is 0 Å². The van der Waals surface area contributed by atoms with Crippen LogP contribution >= 0.6 is 0 Å². The highest BCUT2D eigenvalue weighted by molar-refractivity contribution is 7.89. The van der Waals surface area contributed by atoms with Crippen molar-refractivity contribution >= 4 is 15.9 Å². The number of benzene rings is 1. The molecule has 6 nitrogen and oxygen atoms in total. The number of hydrogen-bond acceptors (Lipinski definition) is 4. The number of carbonyl (C=O) groups is 1. The van der Waals surface area contributed by atoms with E-state index >= 15 is 0 Å². The molecule has 4 rings (SSSR count). The van der Waals surface area contributed by atoms with Crippen molar-refractivity contribution in [1.82, 2.24) is 14.5 Å². The van der Waals surface area contributed by atoms with E-state index in [-0.39, 0.29) is 22.9 Å². The van der Waals surface area contributed by atoms with E-state index in [0.717, 1.165) is 56.8 Å². The maximum Gasteiger partial charge on any atom is 0.251 e. The third-order valence-corrected chi connectivity index (χ3v) is 8.74. The number of nitrogens with zero attached hydrogens (tertiary/aromatic N) is 2. The summed E-state index contributed by atoms with van der Waals surface area (Å²) >= 11 is 0. The third-order valence-electron chi connectivity index (χ3n) is 6.73. The number of rotatable bonds is 5. The van der Waals surface area contributed by atoms with Crippen LogP contribution in [0.25, 0.3) is 0 Å². The first-order valence-corrected chi connectivity index (χ1v) is 12.5. The molecule has 1 aromatic rings. The minimum absolute atomic E-state index is 0.00369. The summed E-state index contributed by atoms with van der Waals surface area (Å²) in [7, 11) is -3.58. The zero-order chi connectivity index (χ0) is 20.6. The standard InChI is InChI=1S/C22H33N3O3S/c1-16-6-9-20(29(27,28)25-12-4-3-5-17(25)2)15-21(16)22(26)23-18-10-13-24(14-11-18)19-7-8-19/h6,9,15,17-19H,3-5,7-8,10-14H2,1-2H3,(H,23,26)/t17-/m1/s1. The molecule has 2 aliphatic heterocycles. The van der Waals surface area contributed by atoms with Gasteiger partial charge in [0.05, 0.1) is 4.90 Å². The average Bonchev–Trinajstić information content (AvgIpc) is 3.54. The van der Waals surface area contributed by atoms with Crippen LogP contribution in [0.2, 0.25) is 0 Å². The molecule has 160 valence electrons. The normalized spacial score (nSPS) is 25.1. The molecular weight excluding hydrogens is 386 g/mol. The van der Waals surface area contributed by atoms with Gasteiger partial charge in [-0.15, -0.1) is 0 Å². The molecule has 7 heteroatoms. The molecule has 1 aliphatic carbocycles. The van der Waals surface area contributed by atoms with Gasteiger partial charge in [0.15, 0.2) is 0 Å². The molecule has 29 heavy (non-hydrogen) atoms. The van der Waals surface area contributed by atoms with Crippen LogP contribution in [0.4, 0.5) is 0 Å². The van der Waals surface area contributed by atoms with Gasteiger partial charge in [-0.25, -0.2) is 8.42 Å². The Balaban J connectivity index is 1.47. The number of nitrogens with one attached hydrogen (secondary N) is 1. The van der Waals surface area contributed by atoms with Crippen LogP contribution in [0.5, 0.6) is 0 Å². The van der Waals surface area contributed by atoms with Gasteiger partial charge < -0.3 is 10.2 Å². The summed E-state index contributed by atoms with van der Waals surface area (Å²) < 4.78 is 27.9. The zero-order valence-corrected chi connectivity index (χ0v) is 18.4. The summed E-state index contributed by atoms with van der Waals surface area (Å²) in [5, 5.41) is 3.15.